The molecule has 110 valence electrons. The van der Waals surface area contributed by atoms with E-state index in [4.69, 9.17) is 4.74 Å². The van der Waals surface area contributed by atoms with Crippen molar-refractivity contribution in [2.45, 2.75) is 18.8 Å². The lowest BCUT2D eigenvalue weighted by Gasteiger charge is -2.16. The van der Waals surface area contributed by atoms with E-state index in [9.17, 15) is 5.21 Å². The van der Waals surface area contributed by atoms with E-state index in [1.165, 1.54) is 13.4 Å². The molecule has 0 bridgehead atoms. The molecule has 0 saturated heterocycles. The van der Waals surface area contributed by atoms with E-state index in [1.807, 2.05) is 0 Å². The van der Waals surface area contributed by atoms with E-state index in [0.29, 0.717) is 29.0 Å². The van der Waals surface area contributed by atoms with Gasteiger partial charge in [-0.3, -0.25) is 0 Å². The number of hydroxylamine groups is 1. The van der Waals surface area contributed by atoms with E-state index < -0.39 is 4.05 Å². The van der Waals surface area contributed by atoms with Gasteiger partial charge in [-0.2, -0.15) is 10.2 Å². The van der Waals surface area contributed by atoms with Gasteiger partial charge in [0.25, 0.3) is 5.82 Å². The van der Waals surface area contributed by atoms with Crippen molar-refractivity contribution in [2.24, 2.45) is 0 Å². The highest BCUT2D eigenvalue weighted by Crippen LogP contribution is 2.44. The predicted octanol–water partition coefficient (Wildman–Crippen LogP) is 1.99. The summed E-state index contributed by atoms with van der Waals surface area (Å²) in [6.07, 6.45) is 5.24. The molecule has 0 aliphatic heterocycles. The largest absolute Gasteiger partial charge is 0.480 e. The van der Waals surface area contributed by atoms with Gasteiger partial charge in [0.15, 0.2) is 5.82 Å². The van der Waals surface area contributed by atoms with Gasteiger partial charge in [-0.05, 0) is 12.8 Å². The number of thiol groups is 1. The number of rotatable bonds is 4. The molecule has 8 heteroatoms. The Morgan fingerprint density at radius 2 is 2.10 bits per heavy atom. The second-order valence-electron chi connectivity index (χ2n) is 5.07. The van der Waals surface area contributed by atoms with Gasteiger partial charge in [-0.1, -0.05) is 4.05 Å². The van der Waals surface area contributed by atoms with Crippen LogP contribution in [-0.2, 0) is 0 Å². The lowest BCUT2D eigenvalue weighted by molar-refractivity contribution is 0.0506. The number of hydrogen-bond donors (Lipinski definition) is 2. The first-order chi connectivity index (χ1) is 10.0. The number of nitrogens with zero attached hydrogens (tertiary/aromatic N) is 5. The highest BCUT2D eigenvalue weighted by molar-refractivity contribution is 7.79. The van der Waals surface area contributed by atoms with Gasteiger partial charge in [0.05, 0.1) is 12.8 Å². The monoisotopic (exact) mass is 306 g/mol. The number of methoxy groups -OCH3 is 1. The Labute approximate surface area is 127 Å². The molecule has 2 aromatic rings. The van der Waals surface area contributed by atoms with Crippen LogP contribution in [0.2, 0.25) is 0 Å². The molecule has 0 amide bonds. The zero-order chi connectivity index (χ0) is 15.0. The van der Waals surface area contributed by atoms with Gasteiger partial charge in [0, 0.05) is 18.2 Å². The van der Waals surface area contributed by atoms with Crippen molar-refractivity contribution in [3.8, 4) is 17.3 Å². The zero-order valence-electron chi connectivity index (χ0n) is 11.8. The molecular formula is C13H16N5O2S+. The number of ether oxygens (including phenoxy) is 1. The molecule has 0 radical (unpaired) electrons. The van der Waals surface area contributed by atoms with Crippen molar-refractivity contribution in [1.82, 2.24) is 24.0 Å². The molecule has 1 atom stereocenters. The molecular weight excluding hydrogens is 290 g/mol. The highest BCUT2D eigenvalue weighted by atomic mass is 32.1. The summed E-state index contributed by atoms with van der Waals surface area (Å²) in [4.78, 5) is 17.1. The lowest BCUT2D eigenvalue weighted by Crippen LogP contribution is -2.30. The molecule has 21 heavy (non-hydrogen) atoms. The molecule has 0 spiro atoms. The van der Waals surface area contributed by atoms with Crippen molar-refractivity contribution in [2.75, 3.05) is 14.2 Å². The number of hydrogen-bond acceptors (Lipinski definition) is 7. The molecule has 2 heterocycles. The lowest BCUT2D eigenvalue weighted by atomic mass is 10.1. The van der Waals surface area contributed by atoms with Gasteiger partial charge in [0.2, 0.25) is 5.88 Å². The molecule has 1 unspecified atom stereocenters. The normalized spacial score (nSPS) is 17.3. The van der Waals surface area contributed by atoms with Crippen molar-refractivity contribution in [3.63, 3.8) is 0 Å². The molecule has 1 fully saturated rings. The smallest absolute Gasteiger partial charge is 0.275 e. The molecule has 7 nitrogen and oxygen atoms in total. The second kappa shape index (κ2) is 5.21. The SMILES string of the molecule is COc1ncnc(C2CC2)c1-c1nccc([N+](C)(O)S)n1. The summed E-state index contributed by atoms with van der Waals surface area (Å²) in [5.41, 5.74) is 1.58. The van der Waals surface area contributed by atoms with E-state index >= 15 is 0 Å². The van der Waals surface area contributed by atoms with Crippen LogP contribution >= 0.6 is 12.8 Å². The van der Waals surface area contributed by atoms with E-state index in [-0.39, 0.29) is 0 Å². The zero-order valence-corrected chi connectivity index (χ0v) is 12.7. The first-order valence-electron chi connectivity index (χ1n) is 6.55. The van der Waals surface area contributed by atoms with E-state index in [0.717, 1.165) is 18.5 Å². The van der Waals surface area contributed by atoms with Crippen LogP contribution in [0.5, 0.6) is 5.88 Å². The van der Waals surface area contributed by atoms with Crippen LogP contribution in [-0.4, -0.2) is 39.3 Å². The Morgan fingerprint density at radius 1 is 1.33 bits per heavy atom. The Bertz CT molecular complexity index is 670. The maximum atomic E-state index is 9.93. The van der Waals surface area contributed by atoms with Crippen LogP contribution in [0, 0.1) is 0 Å². The van der Waals surface area contributed by atoms with E-state index in [2.05, 4.69) is 32.8 Å². The molecule has 0 aromatic carbocycles. The Morgan fingerprint density at radius 3 is 2.71 bits per heavy atom. The fraction of sp³-hybridized carbons (Fsp3) is 0.385. The summed E-state index contributed by atoms with van der Waals surface area (Å²) in [5, 5.41) is 9.93. The summed E-state index contributed by atoms with van der Waals surface area (Å²) >= 11 is 4.07. The van der Waals surface area contributed by atoms with Gasteiger partial charge < -0.3 is 4.74 Å². The standard InChI is InChI=1S/C13H16N5O2S/c1-18(19,21)9-5-6-14-12(17-9)10-11(8-3-4-8)15-7-16-13(10)20-2/h5-8,19,21H,3-4H2,1-2H3/q+1. The van der Waals surface area contributed by atoms with Gasteiger partial charge in [0.1, 0.15) is 31.8 Å². The molecule has 1 aliphatic rings. The fourth-order valence-electron chi connectivity index (χ4n) is 2.12. The molecule has 1 aliphatic carbocycles. The maximum absolute atomic E-state index is 9.93. The van der Waals surface area contributed by atoms with Crippen LogP contribution in [0.4, 0.5) is 5.82 Å². The van der Waals surface area contributed by atoms with Crippen molar-refractivity contribution in [3.05, 3.63) is 24.3 Å². The minimum absolute atomic E-state index is 0.357. The topological polar surface area (TPSA) is 81.0 Å². The first-order valence-corrected chi connectivity index (χ1v) is 6.95. The minimum atomic E-state index is -0.676. The minimum Gasteiger partial charge on any atom is -0.480 e. The quantitative estimate of drug-likeness (QED) is 0.511. The second-order valence-corrected chi connectivity index (χ2v) is 5.85. The van der Waals surface area contributed by atoms with E-state index in [1.54, 1.807) is 19.4 Å². The van der Waals surface area contributed by atoms with Crippen LogP contribution < -0.4 is 8.79 Å². The third-order valence-electron chi connectivity index (χ3n) is 3.30. The van der Waals surface area contributed by atoms with Gasteiger partial charge in [-0.15, -0.1) is 0 Å². The summed E-state index contributed by atoms with van der Waals surface area (Å²) in [6, 6.07) is 1.60. The summed E-state index contributed by atoms with van der Waals surface area (Å²) in [5.74, 6) is 1.63. The predicted molar refractivity (Wildman–Crippen MR) is 80.1 cm³/mol. The van der Waals surface area contributed by atoms with Gasteiger partial charge >= 0.3 is 0 Å². The van der Waals surface area contributed by atoms with Crippen LogP contribution in [0.25, 0.3) is 11.4 Å². The maximum Gasteiger partial charge on any atom is 0.275 e. The number of aromatic nitrogens is 4. The van der Waals surface area contributed by atoms with Crippen LogP contribution in [0.15, 0.2) is 18.6 Å². The Balaban J connectivity index is 2.16. The average Bonchev–Trinajstić information content (AvgIpc) is 3.30. The molecule has 1 saturated carbocycles. The molecule has 2 aromatic heterocycles. The Hall–Kier alpha value is -1.77. The van der Waals surface area contributed by atoms with Crippen molar-refractivity contribution in [1.29, 1.82) is 0 Å². The average molecular weight is 306 g/mol. The molecule has 1 N–H and O–H groups in total. The highest BCUT2D eigenvalue weighted by Gasteiger charge is 2.32. The third-order valence-corrected chi connectivity index (χ3v) is 3.50. The van der Waals surface area contributed by atoms with Gasteiger partial charge in [-0.25, -0.2) is 15.0 Å². The van der Waals surface area contributed by atoms with Crippen molar-refractivity contribution < 1.29 is 9.94 Å². The fourth-order valence-corrected chi connectivity index (χ4v) is 2.23. The van der Waals surface area contributed by atoms with Crippen molar-refractivity contribution >= 4 is 18.6 Å². The summed E-state index contributed by atoms with van der Waals surface area (Å²) < 4.78 is 4.65. The third kappa shape index (κ3) is 2.82. The van der Waals surface area contributed by atoms with Crippen LogP contribution in [0.1, 0.15) is 24.5 Å². The first kappa shape index (κ1) is 14.2. The Kier molecular flexibility index (Phi) is 3.52. The number of quaternary nitrogens is 1. The summed E-state index contributed by atoms with van der Waals surface area (Å²) in [6.45, 7) is 0. The van der Waals surface area contributed by atoms with Crippen LogP contribution in [0.3, 0.4) is 0 Å². The molecule has 3 rings (SSSR count). The summed E-state index contributed by atoms with van der Waals surface area (Å²) in [7, 11) is 3.05.